The molecule has 0 bridgehead atoms. The summed E-state index contributed by atoms with van der Waals surface area (Å²) in [5.74, 6) is -1.01. The number of hydrogen-bond acceptors (Lipinski definition) is 6. The second-order valence-corrected chi connectivity index (χ2v) is 17.7. The van der Waals surface area contributed by atoms with Crippen molar-refractivity contribution in [3.05, 3.63) is 109 Å². The van der Waals surface area contributed by atoms with Crippen LogP contribution in [0.1, 0.15) is 239 Å². The Labute approximate surface area is 412 Å². The van der Waals surface area contributed by atoms with Crippen LogP contribution < -0.4 is 0 Å². The Morgan fingerprint density at radius 2 is 0.627 bits per heavy atom. The molecule has 0 N–H and O–H groups in total. The van der Waals surface area contributed by atoms with E-state index in [1.165, 1.54) is 96.3 Å². The maximum absolute atomic E-state index is 12.8. The third kappa shape index (κ3) is 52.9. The Morgan fingerprint density at radius 1 is 0.313 bits per heavy atom. The van der Waals surface area contributed by atoms with Gasteiger partial charge in [0.1, 0.15) is 13.2 Å². The van der Waals surface area contributed by atoms with E-state index in [0.717, 1.165) is 96.3 Å². The molecule has 380 valence electrons. The van der Waals surface area contributed by atoms with Crippen molar-refractivity contribution >= 4 is 17.9 Å². The Bertz CT molecular complexity index is 1390. The van der Waals surface area contributed by atoms with Gasteiger partial charge >= 0.3 is 17.9 Å². The highest BCUT2D eigenvalue weighted by Gasteiger charge is 2.19. The van der Waals surface area contributed by atoms with Crippen LogP contribution in [0.3, 0.4) is 0 Å². The minimum atomic E-state index is -0.815. The first-order chi connectivity index (χ1) is 33.0. The second-order valence-electron chi connectivity index (χ2n) is 17.7. The molecule has 0 spiro atoms. The molecule has 0 heterocycles. The van der Waals surface area contributed by atoms with Crippen LogP contribution in [0, 0.1) is 0 Å². The SMILES string of the molecule is CC/C=C\C/C=C\C/C=C\C/C=C\C/C=C\C/C=C\CCC(=O)OCC(COC(=O)CCCCCCC/C=C\CCCC)OC(=O)CCCCCCCCCCC/C=C\C/C=C\CCCCC. The summed E-state index contributed by atoms with van der Waals surface area (Å²) in [6.45, 7) is 6.38. The van der Waals surface area contributed by atoms with E-state index in [1.807, 2.05) is 6.08 Å². The van der Waals surface area contributed by atoms with Gasteiger partial charge in [0.05, 0.1) is 0 Å². The highest BCUT2D eigenvalue weighted by molar-refractivity contribution is 5.71. The molecular formula is C61H100O6. The van der Waals surface area contributed by atoms with E-state index in [1.54, 1.807) is 0 Å². The molecule has 1 unspecified atom stereocenters. The predicted octanol–water partition coefficient (Wildman–Crippen LogP) is 18.3. The first-order valence-corrected chi connectivity index (χ1v) is 27.4. The number of rotatable bonds is 48. The maximum Gasteiger partial charge on any atom is 0.306 e. The molecule has 0 radical (unpaired) electrons. The monoisotopic (exact) mass is 929 g/mol. The predicted molar refractivity (Wildman–Crippen MR) is 288 cm³/mol. The van der Waals surface area contributed by atoms with Crippen LogP contribution in [-0.2, 0) is 28.6 Å². The van der Waals surface area contributed by atoms with Crippen molar-refractivity contribution in [1.29, 1.82) is 0 Å². The first-order valence-electron chi connectivity index (χ1n) is 27.4. The van der Waals surface area contributed by atoms with E-state index >= 15 is 0 Å². The molecule has 1 atom stereocenters. The van der Waals surface area contributed by atoms with Gasteiger partial charge in [0, 0.05) is 19.3 Å². The molecule has 0 saturated heterocycles. The highest BCUT2D eigenvalue weighted by Crippen LogP contribution is 2.14. The van der Waals surface area contributed by atoms with Gasteiger partial charge in [-0.25, -0.2) is 0 Å². The third-order valence-corrected chi connectivity index (χ3v) is 11.2. The van der Waals surface area contributed by atoms with Crippen molar-refractivity contribution < 1.29 is 28.6 Å². The van der Waals surface area contributed by atoms with Gasteiger partial charge < -0.3 is 14.2 Å². The molecule has 6 nitrogen and oxygen atoms in total. The quantitative estimate of drug-likeness (QED) is 0.0262. The van der Waals surface area contributed by atoms with E-state index in [4.69, 9.17) is 14.2 Å². The number of unbranched alkanes of at least 4 members (excludes halogenated alkanes) is 19. The molecule has 0 aromatic carbocycles. The fraction of sp³-hybridized carbons (Fsp3) is 0.656. The van der Waals surface area contributed by atoms with Crippen LogP contribution in [0.5, 0.6) is 0 Å². The molecule has 0 aliphatic rings. The van der Waals surface area contributed by atoms with E-state index in [2.05, 4.69) is 124 Å². The Kier molecular flexibility index (Phi) is 51.5. The minimum Gasteiger partial charge on any atom is -0.462 e. The van der Waals surface area contributed by atoms with Crippen molar-refractivity contribution in [2.45, 2.75) is 245 Å². The Hall–Kier alpha value is -3.93. The van der Waals surface area contributed by atoms with Gasteiger partial charge in [-0.05, 0) is 109 Å². The summed E-state index contributed by atoms with van der Waals surface area (Å²) in [7, 11) is 0. The number of carbonyl (C=O) groups is 3. The summed E-state index contributed by atoms with van der Waals surface area (Å²) in [6, 6.07) is 0. The second kappa shape index (κ2) is 54.7. The van der Waals surface area contributed by atoms with Crippen molar-refractivity contribution in [2.24, 2.45) is 0 Å². The zero-order valence-electron chi connectivity index (χ0n) is 43.4. The van der Waals surface area contributed by atoms with E-state index in [9.17, 15) is 14.4 Å². The molecule has 0 aromatic rings. The minimum absolute atomic E-state index is 0.109. The summed E-state index contributed by atoms with van der Waals surface area (Å²) in [4.78, 5) is 38.0. The number of allylic oxidation sites excluding steroid dienone is 18. The van der Waals surface area contributed by atoms with Crippen molar-refractivity contribution in [3.8, 4) is 0 Å². The van der Waals surface area contributed by atoms with Crippen molar-refractivity contribution in [3.63, 3.8) is 0 Å². The van der Waals surface area contributed by atoms with Crippen LogP contribution in [0.4, 0.5) is 0 Å². The first kappa shape index (κ1) is 63.1. The zero-order chi connectivity index (χ0) is 48.6. The lowest BCUT2D eigenvalue weighted by molar-refractivity contribution is -0.166. The Balaban J connectivity index is 4.48. The lowest BCUT2D eigenvalue weighted by atomic mass is 10.1. The lowest BCUT2D eigenvalue weighted by Gasteiger charge is -2.18. The van der Waals surface area contributed by atoms with Gasteiger partial charge in [0.25, 0.3) is 0 Å². The van der Waals surface area contributed by atoms with Crippen LogP contribution in [0.2, 0.25) is 0 Å². The Morgan fingerprint density at radius 3 is 1.06 bits per heavy atom. The molecule has 0 amide bonds. The normalized spacial score (nSPS) is 12.9. The fourth-order valence-electron chi connectivity index (χ4n) is 7.13. The topological polar surface area (TPSA) is 78.9 Å². The number of ether oxygens (including phenoxy) is 3. The van der Waals surface area contributed by atoms with Gasteiger partial charge in [-0.1, -0.05) is 220 Å². The standard InChI is InChI=1S/C61H100O6/c1-4-7-10-13-16-19-22-24-26-28-30-32-34-36-39-42-45-48-51-54-60(63)66-57-58(56-65-59(62)53-50-47-44-41-38-21-18-15-12-9-6-3)67-61(64)55-52-49-46-43-40-37-35-33-31-29-27-25-23-20-17-14-11-8-5-2/h7,10,15-20,24-27,30,32,36,39,45,48,58H,4-6,8-9,11-14,21-23,28-29,31,33-35,37-38,40-44,46-47,49-57H2,1-3H3/b10-7-,18-15-,19-16-,20-17-,26-24-,27-25-,32-30-,39-36-,48-45-. The van der Waals surface area contributed by atoms with Crippen molar-refractivity contribution in [1.82, 2.24) is 0 Å². The van der Waals surface area contributed by atoms with E-state index in [0.29, 0.717) is 19.3 Å². The van der Waals surface area contributed by atoms with Crippen LogP contribution in [0.15, 0.2) is 109 Å². The van der Waals surface area contributed by atoms with Gasteiger partial charge in [0.2, 0.25) is 0 Å². The van der Waals surface area contributed by atoms with Crippen LogP contribution >= 0.6 is 0 Å². The van der Waals surface area contributed by atoms with E-state index < -0.39 is 6.10 Å². The van der Waals surface area contributed by atoms with Gasteiger partial charge in [-0.2, -0.15) is 0 Å². The summed E-state index contributed by atoms with van der Waals surface area (Å²) in [6.07, 6.45) is 73.7. The molecule has 0 aliphatic heterocycles. The van der Waals surface area contributed by atoms with Crippen molar-refractivity contribution in [2.75, 3.05) is 13.2 Å². The largest absolute Gasteiger partial charge is 0.462 e. The smallest absolute Gasteiger partial charge is 0.306 e. The van der Waals surface area contributed by atoms with Crippen LogP contribution in [0.25, 0.3) is 0 Å². The molecule has 0 fully saturated rings. The van der Waals surface area contributed by atoms with Gasteiger partial charge in [-0.3, -0.25) is 14.4 Å². The highest BCUT2D eigenvalue weighted by atomic mass is 16.6. The van der Waals surface area contributed by atoms with E-state index in [-0.39, 0.29) is 37.5 Å². The summed E-state index contributed by atoms with van der Waals surface area (Å²) in [5, 5.41) is 0. The summed E-state index contributed by atoms with van der Waals surface area (Å²) < 4.78 is 16.7. The summed E-state index contributed by atoms with van der Waals surface area (Å²) in [5.41, 5.74) is 0. The number of esters is 3. The molecule has 0 aliphatic carbocycles. The third-order valence-electron chi connectivity index (χ3n) is 11.2. The zero-order valence-corrected chi connectivity index (χ0v) is 43.4. The summed E-state index contributed by atoms with van der Waals surface area (Å²) >= 11 is 0. The lowest BCUT2D eigenvalue weighted by Crippen LogP contribution is -2.30. The maximum atomic E-state index is 12.8. The molecule has 0 rings (SSSR count). The molecule has 0 saturated carbocycles. The van der Waals surface area contributed by atoms with Gasteiger partial charge in [-0.15, -0.1) is 0 Å². The average molecular weight is 929 g/mol. The fourth-order valence-corrected chi connectivity index (χ4v) is 7.13. The molecular weight excluding hydrogens is 829 g/mol. The molecule has 0 aromatic heterocycles. The molecule has 67 heavy (non-hydrogen) atoms. The molecule has 6 heteroatoms. The average Bonchev–Trinajstić information content (AvgIpc) is 3.33. The van der Waals surface area contributed by atoms with Gasteiger partial charge in [0.15, 0.2) is 6.10 Å². The van der Waals surface area contributed by atoms with Crippen LogP contribution in [-0.4, -0.2) is 37.2 Å². The number of carbonyl (C=O) groups excluding carboxylic acids is 3. The number of hydrogen-bond donors (Lipinski definition) is 0.